The molecule has 0 atom stereocenters. The van der Waals surface area contributed by atoms with E-state index in [-0.39, 0.29) is 36.7 Å². The highest BCUT2D eigenvalue weighted by Gasteiger charge is 2.10. The molecule has 3 heterocycles. The predicted octanol–water partition coefficient (Wildman–Crippen LogP) is 2.63. The van der Waals surface area contributed by atoms with Gasteiger partial charge in [0.05, 0.1) is 17.1 Å². The van der Waals surface area contributed by atoms with E-state index in [4.69, 9.17) is 0 Å². The van der Waals surface area contributed by atoms with E-state index >= 15 is 0 Å². The molecule has 1 N–H and O–H groups in total. The summed E-state index contributed by atoms with van der Waals surface area (Å²) in [6, 6.07) is 16.1. The molecular weight excluding hydrogens is 438 g/mol. The summed E-state index contributed by atoms with van der Waals surface area (Å²) in [4.78, 5) is 37.8. The molecule has 0 fully saturated rings. The molecule has 0 aliphatic rings. The summed E-state index contributed by atoms with van der Waals surface area (Å²) in [6.45, 7) is 4.17. The number of aryl methyl sites for hydroxylation is 2. The van der Waals surface area contributed by atoms with Crippen LogP contribution in [-0.2, 0) is 17.9 Å². The molecule has 1 aromatic carbocycles. The number of thiophene rings is 1. The van der Waals surface area contributed by atoms with Gasteiger partial charge in [0.1, 0.15) is 12.2 Å². The zero-order valence-electron chi connectivity index (χ0n) is 18.3. The van der Waals surface area contributed by atoms with Crippen LogP contribution in [0.3, 0.4) is 0 Å². The molecular formula is C24H23N5O3S. The van der Waals surface area contributed by atoms with E-state index in [9.17, 15) is 14.4 Å². The normalized spacial score (nSPS) is 10.8. The second kappa shape index (κ2) is 9.74. The van der Waals surface area contributed by atoms with Gasteiger partial charge in [-0.25, -0.2) is 9.36 Å². The van der Waals surface area contributed by atoms with Crippen molar-refractivity contribution in [3.05, 3.63) is 91.8 Å². The fourth-order valence-corrected chi connectivity index (χ4v) is 4.07. The van der Waals surface area contributed by atoms with Crippen LogP contribution in [0.2, 0.25) is 0 Å². The number of nitrogens with zero attached hydrogens (tertiary/aromatic N) is 4. The Morgan fingerprint density at radius 3 is 2.42 bits per heavy atom. The van der Waals surface area contributed by atoms with Gasteiger partial charge in [0.15, 0.2) is 0 Å². The van der Waals surface area contributed by atoms with Gasteiger partial charge in [-0.1, -0.05) is 23.8 Å². The van der Waals surface area contributed by atoms with E-state index in [0.717, 1.165) is 26.2 Å². The number of carbonyl (C=O) groups is 1. The Kier molecular flexibility index (Phi) is 6.60. The third-order valence-electron chi connectivity index (χ3n) is 5.12. The van der Waals surface area contributed by atoms with Crippen molar-refractivity contribution in [1.82, 2.24) is 24.9 Å². The third kappa shape index (κ3) is 5.32. The molecule has 9 heteroatoms. The number of rotatable bonds is 7. The second-order valence-electron chi connectivity index (χ2n) is 7.64. The molecule has 3 aromatic heterocycles. The maximum atomic E-state index is 12.4. The topological polar surface area (TPSA) is 98.9 Å². The molecule has 33 heavy (non-hydrogen) atoms. The second-order valence-corrected chi connectivity index (χ2v) is 8.59. The predicted molar refractivity (Wildman–Crippen MR) is 128 cm³/mol. The maximum Gasteiger partial charge on any atom is 0.267 e. The number of hydrogen-bond acceptors (Lipinski definition) is 6. The van der Waals surface area contributed by atoms with Crippen molar-refractivity contribution in [3.8, 4) is 21.8 Å². The fourth-order valence-electron chi connectivity index (χ4n) is 3.38. The first-order chi connectivity index (χ1) is 15.9. The van der Waals surface area contributed by atoms with Gasteiger partial charge in [0, 0.05) is 24.2 Å². The Labute approximate surface area is 194 Å². The first kappa shape index (κ1) is 22.3. The number of hydrogen-bond donors (Lipinski definition) is 1. The van der Waals surface area contributed by atoms with Crippen molar-refractivity contribution >= 4 is 17.2 Å². The van der Waals surface area contributed by atoms with Crippen molar-refractivity contribution in [2.75, 3.05) is 6.54 Å². The van der Waals surface area contributed by atoms with Crippen LogP contribution in [0.4, 0.5) is 0 Å². The molecule has 8 nitrogen and oxygen atoms in total. The fraction of sp³-hybridized carbons (Fsp3) is 0.208. The molecule has 0 aliphatic heterocycles. The van der Waals surface area contributed by atoms with Crippen LogP contribution < -0.4 is 16.4 Å². The van der Waals surface area contributed by atoms with Crippen LogP contribution in [0.25, 0.3) is 21.8 Å². The summed E-state index contributed by atoms with van der Waals surface area (Å²) in [5.41, 5.74) is 3.76. The van der Waals surface area contributed by atoms with Gasteiger partial charge < -0.3 is 5.32 Å². The van der Waals surface area contributed by atoms with Crippen LogP contribution in [0.15, 0.2) is 69.6 Å². The highest BCUT2D eigenvalue weighted by Crippen LogP contribution is 2.22. The number of nitrogens with one attached hydrogen (secondary N) is 1. The SMILES string of the molecule is Cc1ccc(C)c(-c2ccc(=O)n(CC(=O)NCCn3nc(-c4cccs4)ccc3=O)n2)c1. The van der Waals surface area contributed by atoms with Gasteiger partial charge in [-0.2, -0.15) is 10.2 Å². The summed E-state index contributed by atoms with van der Waals surface area (Å²) in [7, 11) is 0. The lowest BCUT2D eigenvalue weighted by molar-refractivity contribution is -0.121. The van der Waals surface area contributed by atoms with Crippen molar-refractivity contribution in [1.29, 1.82) is 0 Å². The van der Waals surface area contributed by atoms with Crippen LogP contribution in [0.5, 0.6) is 0 Å². The van der Waals surface area contributed by atoms with E-state index in [2.05, 4.69) is 15.5 Å². The van der Waals surface area contributed by atoms with Crippen LogP contribution in [-0.4, -0.2) is 32.0 Å². The molecule has 0 aliphatic carbocycles. The third-order valence-corrected chi connectivity index (χ3v) is 6.01. The summed E-state index contributed by atoms with van der Waals surface area (Å²) < 4.78 is 2.47. The van der Waals surface area contributed by atoms with Gasteiger partial charge in [-0.05, 0) is 49.1 Å². The van der Waals surface area contributed by atoms with E-state index < -0.39 is 0 Å². The van der Waals surface area contributed by atoms with Gasteiger partial charge in [-0.15, -0.1) is 11.3 Å². The van der Waals surface area contributed by atoms with Crippen molar-refractivity contribution < 1.29 is 4.79 Å². The molecule has 0 radical (unpaired) electrons. The lowest BCUT2D eigenvalue weighted by Crippen LogP contribution is -2.36. The monoisotopic (exact) mass is 461 g/mol. The maximum absolute atomic E-state index is 12.4. The van der Waals surface area contributed by atoms with E-state index in [1.165, 1.54) is 28.2 Å². The average Bonchev–Trinajstić information content (AvgIpc) is 3.33. The quantitative estimate of drug-likeness (QED) is 0.456. The molecule has 0 saturated heterocycles. The Morgan fingerprint density at radius 1 is 0.939 bits per heavy atom. The smallest absolute Gasteiger partial charge is 0.267 e. The lowest BCUT2D eigenvalue weighted by Gasteiger charge is -2.11. The molecule has 4 rings (SSSR count). The summed E-state index contributed by atoms with van der Waals surface area (Å²) in [5, 5.41) is 13.4. The minimum absolute atomic E-state index is 0.199. The molecule has 0 saturated carbocycles. The van der Waals surface area contributed by atoms with Gasteiger partial charge in [0.25, 0.3) is 11.1 Å². The highest BCUT2D eigenvalue weighted by molar-refractivity contribution is 7.13. The molecule has 1 amide bonds. The molecule has 0 unspecified atom stereocenters. The zero-order valence-corrected chi connectivity index (χ0v) is 19.1. The Bertz CT molecular complexity index is 1410. The van der Waals surface area contributed by atoms with Crippen molar-refractivity contribution in [2.24, 2.45) is 0 Å². The van der Waals surface area contributed by atoms with Crippen molar-refractivity contribution in [3.63, 3.8) is 0 Å². The van der Waals surface area contributed by atoms with Crippen LogP contribution in [0.1, 0.15) is 11.1 Å². The summed E-state index contributed by atoms with van der Waals surface area (Å²) >= 11 is 1.54. The molecule has 0 spiro atoms. The van der Waals surface area contributed by atoms with Crippen LogP contribution in [0, 0.1) is 13.8 Å². The first-order valence-electron chi connectivity index (χ1n) is 10.5. The highest BCUT2D eigenvalue weighted by atomic mass is 32.1. The van der Waals surface area contributed by atoms with Gasteiger partial charge in [0.2, 0.25) is 5.91 Å². The lowest BCUT2D eigenvalue weighted by atomic mass is 10.0. The minimum Gasteiger partial charge on any atom is -0.353 e. The van der Waals surface area contributed by atoms with E-state index in [0.29, 0.717) is 11.4 Å². The van der Waals surface area contributed by atoms with Crippen molar-refractivity contribution in [2.45, 2.75) is 26.9 Å². The number of benzene rings is 1. The Morgan fingerprint density at radius 2 is 1.67 bits per heavy atom. The Hall–Kier alpha value is -3.85. The Balaban J connectivity index is 1.42. The zero-order chi connectivity index (χ0) is 23.4. The molecule has 168 valence electrons. The van der Waals surface area contributed by atoms with E-state index in [1.807, 2.05) is 49.6 Å². The summed E-state index contributed by atoms with van der Waals surface area (Å²) in [6.07, 6.45) is 0. The molecule has 4 aromatic rings. The standard InChI is InChI=1S/C24H23N5O3S/c1-16-5-6-17(2)18(14-16)19-7-9-24(32)29(26-19)15-22(30)25-11-12-28-23(31)10-8-20(27-28)21-4-3-13-33-21/h3-10,13-14H,11-12,15H2,1-2H3,(H,25,30). The average molecular weight is 462 g/mol. The summed E-state index contributed by atoms with van der Waals surface area (Å²) in [5.74, 6) is -0.370. The largest absolute Gasteiger partial charge is 0.353 e. The molecule has 0 bridgehead atoms. The minimum atomic E-state index is -0.370. The van der Waals surface area contributed by atoms with Gasteiger partial charge in [-0.3, -0.25) is 14.4 Å². The first-order valence-corrected chi connectivity index (χ1v) is 11.3. The number of aromatic nitrogens is 4. The number of carbonyl (C=O) groups excluding carboxylic acids is 1. The van der Waals surface area contributed by atoms with E-state index in [1.54, 1.807) is 12.1 Å². The number of amides is 1. The van der Waals surface area contributed by atoms with Crippen LogP contribution >= 0.6 is 11.3 Å². The van der Waals surface area contributed by atoms with Gasteiger partial charge >= 0.3 is 0 Å².